The number of ether oxygens (including phenoxy) is 3. The number of alkyl halides is 2. The van der Waals surface area contributed by atoms with Gasteiger partial charge in [0, 0.05) is 23.3 Å². The molecule has 1 aromatic heterocycles. The second kappa shape index (κ2) is 14.6. The molecule has 4 heterocycles. The van der Waals surface area contributed by atoms with Crippen LogP contribution < -0.4 is 24.8 Å². The zero-order chi connectivity index (χ0) is 41.5. The zero-order valence-electron chi connectivity index (χ0n) is 33.3. The molecule has 5 fully saturated rings. The number of amides is 4. The minimum atomic E-state index is -4.05. The van der Waals surface area contributed by atoms with E-state index in [2.05, 4.69) is 20.3 Å². The predicted octanol–water partition coefficient (Wildman–Crippen LogP) is 5.13. The van der Waals surface area contributed by atoms with Crippen LogP contribution in [-0.2, 0) is 35.6 Å². The number of nitrogens with zero attached hydrogens (tertiary/aromatic N) is 2. The second-order valence-corrected chi connectivity index (χ2v) is 20.3. The van der Waals surface area contributed by atoms with Gasteiger partial charge in [-0.05, 0) is 108 Å². The van der Waals surface area contributed by atoms with Crippen molar-refractivity contribution in [2.75, 3.05) is 13.7 Å². The average Bonchev–Trinajstić information content (AvgIpc) is 4.16. The maximum Gasteiger partial charge on any atom is 0.408 e. The largest absolute Gasteiger partial charge is 0.497 e. The van der Waals surface area contributed by atoms with E-state index >= 15 is 0 Å². The van der Waals surface area contributed by atoms with Crippen molar-refractivity contribution in [1.82, 2.24) is 25.2 Å². The molecule has 1 spiro atoms. The van der Waals surface area contributed by atoms with Crippen molar-refractivity contribution in [3.05, 3.63) is 41.6 Å². The molecule has 0 radical (unpaired) electrons. The molecule has 4 amide bonds. The van der Waals surface area contributed by atoms with Gasteiger partial charge in [0.15, 0.2) is 5.75 Å². The van der Waals surface area contributed by atoms with Gasteiger partial charge in [0.25, 0.3) is 12.3 Å². The van der Waals surface area contributed by atoms with Crippen LogP contribution in [0.4, 0.5) is 13.6 Å². The number of hydrogen-bond acceptors (Lipinski definition) is 10. The number of halogens is 2. The monoisotopic (exact) mass is 839 g/mol. The summed E-state index contributed by atoms with van der Waals surface area (Å²) in [5.41, 5.74) is -2.64. The van der Waals surface area contributed by atoms with E-state index in [1.165, 1.54) is 12.0 Å². The van der Waals surface area contributed by atoms with Crippen LogP contribution in [0, 0.1) is 17.8 Å². The standard InChI is InChI=1S/C42H51F2N5O9S/c1-40(14-15-40)59(54,55)48-38(52)42-20-25(42)8-6-4-3-5-7-9-31(46-39(53)57-27-17-23-16-24(23)18-27)37(51)49-22-41(21-32(49)36(50)47-42)13-12-28-29-19-26(56-2)10-11-30(29)45-33(35(43)44)34(28)58-41/h6,8,10-11,19,23-25,27,31-32,35H,3-5,7,9,12-18,20-22H2,1-2H3,(H,46,53)(H,47,50)(H,48,52)/b8-6-/t23-,24+,25-,27?,31+,32+,41-,42?/m1/s1. The van der Waals surface area contributed by atoms with Gasteiger partial charge in [-0.25, -0.2) is 27.0 Å². The number of aromatic nitrogens is 1. The van der Waals surface area contributed by atoms with Gasteiger partial charge < -0.3 is 29.7 Å². The lowest BCUT2D eigenvalue weighted by Crippen LogP contribution is -2.58. The number of rotatable bonds is 7. The molecule has 1 saturated heterocycles. The summed E-state index contributed by atoms with van der Waals surface area (Å²) in [5, 5.41) is 6.26. The Kier molecular flexibility index (Phi) is 9.86. The van der Waals surface area contributed by atoms with E-state index in [0.717, 1.165) is 32.1 Å². The first-order valence-electron chi connectivity index (χ1n) is 20.9. The fourth-order valence-corrected chi connectivity index (χ4v) is 11.2. The number of pyridine rings is 1. The van der Waals surface area contributed by atoms with E-state index in [9.17, 15) is 36.4 Å². The Morgan fingerprint density at radius 3 is 2.58 bits per heavy atom. The first-order valence-corrected chi connectivity index (χ1v) is 22.4. The number of nitrogens with one attached hydrogen (secondary N) is 3. The minimum absolute atomic E-state index is 0.113. The highest BCUT2D eigenvalue weighted by Crippen LogP contribution is 2.53. The highest BCUT2D eigenvalue weighted by Gasteiger charge is 2.64. The van der Waals surface area contributed by atoms with Gasteiger partial charge in [0.1, 0.15) is 40.8 Å². The van der Waals surface area contributed by atoms with Gasteiger partial charge in [-0.3, -0.25) is 19.1 Å². The molecular weight excluding hydrogens is 789 g/mol. The molecule has 318 valence electrons. The summed E-state index contributed by atoms with van der Waals surface area (Å²) in [6.07, 6.45) is 6.79. The fraction of sp³-hybridized carbons (Fsp3) is 0.643. The molecule has 4 aliphatic carbocycles. The van der Waals surface area contributed by atoms with Gasteiger partial charge in [-0.15, -0.1) is 0 Å². The normalized spacial score (nSPS) is 33.9. The van der Waals surface area contributed by atoms with Crippen molar-refractivity contribution in [1.29, 1.82) is 0 Å². The van der Waals surface area contributed by atoms with Gasteiger partial charge in [0.05, 0.1) is 23.9 Å². The lowest BCUT2D eigenvalue weighted by Gasteiger charge is -2.37. The number of hydrogen-bond donors (Lipinski definition) is 3. The van der Waals surface area contributed by atoms with E-state index in [1.807, 2.05) is 12.2 Å². The molecule has 7 aliphatic rings. The molecule has 17 heteroatoms. The van der Waals surface area contributed by atoms with Crippen molar-refractivity contribution >= 4 is 44.7 Å². The zero-order valence-corrected chi connectivity index (χ0v) is 34.1. The number of methoxy groups -OCH3 is 1. The van der Waals surface area contributed by atoms with Crippen LogP contribution in [-0.4, -0.2) is 89.8 Å². The summed E-state index contributed by atoms with van der Waals surface area (Å²) in [7, 11) is -2.55. The molecule has 14 nitrogen and oxygen atoms in total. The number of carbonyl (C=O) groups excluding carboxylic acids is 4. The van der Waals surface area contributed by atoms with Crippen LogP contribution in [0.1, 0.15) is 108 Å². The van der Waals surface area contributed by atoms with E-state index in [1.54, 1.807) is 25.1 Å². The van der Waals surface area contributed by atoms with Crippen molar-refractivity contribution < 1.29 is 50.6 Å². The lowest BCUT2D eigenvalue weighted by molar-refractivity contribution is -0.141. The molecule has 9 rings (SSSR count). The lowest BCUT2D eigenvalue weighted by atomic mass is 9.87. The first-order chi connectivity index (χ1) is 28.1. The average molecular weight is 840 g/mol. The number of alkyl carbamates (subject to hydrolysis) is 1. The topological polar surface area (TPSA) is 182 Å². The van der Waals surface area contributed by atoms with Crippen molar-refractivity contribution in [2.24, 2.45) is 17.8 Å². The molecule has 59 heavy (non-hydrogen) atoms. The first kappa shape index (κ1) is 39.9. The van der Waals surface area contributed by atoms with E-state index in [-0.39, 0.29) is 50.5 Å². The highest BCUT2D eigenvalue weighted by atomic mass is 32.2. The molecule has 3 N–H and O–H groups in total. The van der Waals surface area contributed by atoms with Crippen LogP contribution >= 0.6 is 0 Å². The quantitative estimate of drug-likeness (QED) is 0.316. The number of benzene rings is 1. The van der Waals surface area contributed by atoms with Crippen LogP contribution in [0.3, 0.4) is 0 Å². The molecular formula is C42H51F2N5O9S. The van der Waals surface area contributed by atoms with Gasteiger partial charge in [0.2, 0.25) is 21.8 Å². The third-order valence-electron chi connectivity index (χ3n) is 14.0. The third-order valence-corrected chi connectivity index (χ3v) is 16.2. The summed E-state index contributed by atoms with van der Waals surface area (Å²) in [6.45, 7) is 1.38. The van der Waals surface area contributed by atoms with E-state index < -0.39 is 79.8 Å². The van der Waals surface area contributed by atoms with Gasteiger partial charge in [-0.2, -0.15) is 0 Å². The maximum atomic E-state index is 14.8. The van der Waals surface area contributed by atoms with Crippen LogP contribution in [0.15, 0.2) is 30.4 Å². The molecule has 1 aromatic carbocycles. The second-order valence-electron chi connectivity index (χ2n) is 18.1. The van der Waals surface area contributed by atoms with Crippen molar-refractivity contribution in [3.8, 4) is 11.5 Å². The number of sulfonamides is 1. The Balaban J connectivity index is 1.05. The number of fused-ring (bicyclic) bond motifs is 6. The van der Waals surface area contributed by atoms with E-state index in [0.29, 0.717) is 59.7 Å². The molecule has 2 unspecified atom stereocenters. The minimum Gasteiger partial charge on any atom is -0.497 e. The van der Waals surface area contributed by atoms with Crippen LogP contribution in [0.2, 0.25) is 0 Å². The summed E-state index contributed by atoms with van der Waals surface area (Å²) in [4.78, 5) is 62.5. The molecule has 2 aromatic rings. The fourth-order valence-electron chi connectivity index (χ4n) is 9.89. The molecule has 8 atom stereocenters. The van der Waals surface area contributed by atoms with E-state index in [4.69, 9.17) is 14.2 Å². The van der Waals surface area contributed by atoms with Gasteiger partial charge in [-0.1, -0.05) is 25.0 Å². The Labute approximate surface area is 341 Å². The molecule has 4 saturated carbocycles. The number of allylic oxidation sites excluding steroid dienone is 1. The highest BCUT2D eigenvalue weighted by molar-refractivity contribution is 7.91. The summed E-state index contributed by atoms with van der Waals surface area (Å²) >= 11 is 0. The summed E-state index contributed by atoms with van der Waals surface area (Å²) < 4.78 is 74.9. The Morgan fingerprint density at radius 1 is 1.07 bits per heavy atom. The molecule has 0 bridgehead atoms. The summed E-state index contributed by atoms with van der Waals surface area (Å²) in [6, 6.07) is 2.61. The van der Waals surface area contributed by atoms with Crippen LogP contribution in [0.25, 0.3) is 10.9 Å². The Hall–Kier alpha value is -4.54. The predicted molar refractivity (Wildman–Crippen MR) is 209 cm³/mol. The number of aryl methyl sites for hydroxylation is 1. The Bertz CT molecular complexity index is 2230. The van der Waals surface area contributed by atoms with Gasteiger partial charge >= 0.3 is 6.09 Å². The molecule has 3 aliphatic heterocycles. The number of carbonyl (C=O) groups is 4. The van der Waals surface area contributed by atoms with Crippen molar-refractivity contribution in [2.45, 2.75) is 137 Å². The maximum absolute atomic E-state index is 14.8. The third kappa shape index (κ3) is 7.38. The smallest absolute Gasteiger partial charge is 0.408 e. The Morgan fingerprint density at radius 2 is 1.85 bits per heavy atom. The SMILES string of the molecule is COc1ccc2nc(C(F)F)c3c(c2c1)CC[C@]1(C[C@H]2C(=O)NC4(C(=O)NS(=O)(=O)C5(C)CC5)C[C@H]4/C=C\CCCCC[C@H](NC(=O)OC4C[C@@H]5C[C@@H]5C4)C(=O)N2C1)O3. The van der Waals surface area contributed by atoms with Crippen molar-refractivity contribution in [3.63, 3.8) is 0 Å². The summed E-state index contributed by atoms with van der Waals surface area (Å²) in [5.74, 6) is -1.12. The van der Waals surface area contributed by atoms with Crippen LogP contribution in [0.5, 0.6) is 11.5 Å².